The summed E-state index contributed by atoms with van der Waals surface area (Å²) in [6, 6.07) is 31.7. The first-order chi connectivity index (χ1) is 16.5. The fourth-order valence-corrected chi connectivity index (χ4v) is 8.23. The molecule has 0 aliphatic carbocycles. The van der Waals surface area contributed by atoms with Crippen molar-refractivity contribution in [3.63, 3.8) is 0 Å². The van der Waals surface area contributed by atoms with E-state index in [1.54, 1.807) is 18.2 Å². The summed E-state index contributed by atoms with van der Waals surface area (Å²) >= 11 is 0. The third-order valence-corrected chi connectivity index (χ3v) is 9.71. The Hall–Kier alpha value is -3.48. The second kappa shape index (κ2) is 9.05. The molecule has 0 radical (unpaired) electrons. The van der Waals surface area contributed by atoms with Gasteiger partial charge in [0.25, 0.3) is 0 Å². The maximum Gasteiger partial charge on any atom is 0.212 e. The first kappa shape index (κ1) is 22.3. The molecule has 0 atom stereocenters. The van der Waals surface area contributed by atoms with Gasteiger partial charge in [-0.2, -0.15) is 0 Å². The van der Waals surface area contributed by atoms with E-state index in [1.165, 1.54) is 30.3 Å². The molecule has 0 fully saturated rings. The van der Waals surface area contributed by atoms with Crippen molar-refractivity contribution < 1.29 is 17.2 Å². The van der Waals surface area contributed by atoms with Crippen molar-refractivity contribution in [3.05, 3.63) is 127 Å². The van der Waals surface area contributed by atoms with E-state index >= 15 is 4.39 Å². The third-order valence-electron chi connectivity index (χ3n) is 5.47. The first-order valence-corrected chi connectivity index (χ1v) is 13.2. The molecule has 6 heteroatoms. The summed E-state index contributed by atoms with van der Waals surface area (Å²) in [5, 5.41) is 0.0903. The molecule has 34 heavy (non-hydrogen) atoms. The second-order valence-corrected chi connectivity index (χ2v) is 11.5. The van der Waals surface area contributed by atoms with Gasteiger partial charge in [-0.1, -0.05) is 54.6 Å². The minimum atomic E-state index is -4.07. The lowest BCUT2D eigenvalue weighted by Crippen LogP contribution is -2.13. The maximum atomic E-state index is 15.4. The van der Waals surface area contributed by atoms with E-state index in [0.29, 0.717) is 4.90 Å². The zero-order valence-corrected chi connectivity index (χ0v) is 19.5. The molecule has 0 bridgehead atoms. The summed E-state index contributed by atoms with van der Waals surface area (Å²) in [6.07, 6.45) is 0. The lowest BCUT2D eigenvalue weighted by molar-refractivity contribution is 0.593. The van der Waals surface area contributed by atoms with E-state index in [1.807, 2.05) is 60.7 Å². The highest BCUT2D eigenvalue weighted by molar-refractivity contribution is 7.98. The molecular weight excluding hydrogens is 470 g/mol. The number of halogens is 2. The summed E-state index contributed by atoms with van der Waals surface area (Å²) in [5.41, 5.74) is 0. The average molecular weight is 490 g/mol. The van der Waals surface area contributed by atoms with Crippen molar-refractivity contribution in [2.45, 2.75) is 24.5 Å². The van der Waals surface area contributed by atoms with Crippen molar-refractivity contribution >= 4 is 31.5 Å². The molecule has 2 nitrogen and oxygen atoms in total. The van der Waals surface area contributed by atoms with Crippen LogP contribution in [-0.4, -0.2) is 8.42 Å². The largest absolute Gasteiger partial charge is 0.218 e. The van der Waals surface area contributed by atoms with Gasteiger partial charge in [0.15, 0.2) is 14.7 Å². The molecule has 0 aromatic heterocycles. The van der Waals surface area contributed by atoms with Crippen LogP contribution in [0, 0.1) is 11.6 Å². The Morgan fingerprint density at radius 1 is 0.588 bits per heavy atom. The van der Waals surface area contributed by atoms with Gasteiger partial charge in [0.2, 0.25) is 9.84 Å². The Balaban J connectivity index is 1.92. The minimum absolute atomic E-state index is 0.00820. The van der Waals surface area contributed by atoms with Crippen molar-refractivity contribution in [1.29, 1.82) is 0 Å². The minimum Gasteiger partial charge on any atom is -0.218 e. The van der Waals surface area contributed by atoms with Crippen LogP contribution < -0.4 is 0 Å². The summed E-state index contributed by atoms with van der Waals surface area (Å²) in [5.74, 6) is -1.30. The highest BCUT2D eigenvalue weighted by Gasteiger charge is 2.38. The van der Waals surface area contributed by atoms with Crippen molar-refractivity contribution in [2.24, 2.45) is 0 Å². The Labute approximate surface area is 199 Å². The molecule has 0 amide bonds. The van der Waals surface area contributed by atoms with E-state index in [-0.39, 0.29) is 20.6 Å². The SMILES string of the molecule is O=S(=O)(c1ccccc1)c1c([S+](c2ccccc2)c2ccccc2)cc(F)c2cc(F)ccc12. The van der Waals surface area contributed by atoms with Gasteiger partial charge in [-0.3, -0.25) is 0 Å². The predicted molar refractivity (Wildman–Crippen MR) is 131 cm³/mol. The number of sulfone groups is 1. The predicted octanol–water partition coefficient (Wildman–Crippen LogP) is 7.05. The van der Waals surface area contributed by atoms with Crippen LogP contribution in [0.15, 0.2) is 140 Å². The number of hydrogen-bond donors (Lipinski definition) is 0. The second-order valence-electron chi connectivity index (χ2n) is 7.62. The molecule has 0 spiro atoms. The molecule has 0 heterocycles. The summed E-state index contributed by atoms with van der Waals surface area (Å²) in [7, 11) is -5.00. The number of fused-ring (bicyclic) bond motifs is 1. The van der Waals surface area contributed by atoms with Crippen LogP contribution in [0.4, 0.5) is 8.78 Å². The average Bonchev–Trinajstić information content (AvgIpc) is 2.86. The Bertz CT molecular complexity index is 1530. The molecule has 0 N–H and O–H groups in total. The number of benzene rings is 5. The van der Waals surface area contributed by atoms with E-state index in [2.05, 4.69) is 0 Å². The smallest absolute Gasteiger partial charge is 0.212 e. The van der Waals surface area contributed by atoms with Gasteiger partial charge in [-0.25, -0.2) is 17.2 Å². The van der Waals surface area contributed by atoms with Gasteiger partial charge in [0, 0.05) is 16.8 Å². The Kier molecular flexibility index (Phi) is 5.94. The monoisotopic (exact) mass is 489 g/mol. The molecule has 5 rings (SSSR count). The molecule has 5 aromatic rings. The molecule has 0 unspecified atom stereocenters. The lowest BCUT2D eigenvalue weighted by Gasteiger charge is -2.16. The lowest BCUT2D eigenvalue weighted by atomic mass is 10.1. The van der Waals surface area contributed by atoms with Crippen LogP contribution in [0.2, 0.25) is 0 Å². The molecule has 0 saturated carbocycles. The number of rotatable bonds is 5. The maximum absolute atomic E-state index is 15.4. The number of hydrogen-bond acceptors (Lipinski definition) is 2. The van der Waals surface area contributed by atoms with Gasteiger partial charge in [-0.05, 0) is 54.6 Å². The normalized spacial score (nSPS) is 11.7. The summed E-state index contributed by atoms with van der Waals surface area (Å²) in [4.78, 5) is 2.11. The van der Waals surface area contributed by atoms with Crippen molar-refractivity contribution in [2.75, 3.05) is 0 Å². The van der Waals surface area contributed by atoms with Gasteiger partial charge in [-0.15, -0.1) is 0 Å². The fraction of sp³-hybridized carbons (Fsp3) is 0. The van der Waals surface area contributed by atoms with Gasteiger partial charge in [0.1, 0.15) is 27.4 Å². The third kappa shape index (κ3) is 4.00. The van der Waals surface area contributed by atoms with Crippen molar-refractivity contribution in [1.82, 2.24) is 0 Å². The van der Waals surface area contributed by atoms with E-state index < -0.39 is 32.4 Å². The quantitative estimate of drug-likeness (QED) is 0.196. The summed E-state index contributed by atoms with van der Waals surface area (Å²) < 4.78 is 57.5. The fourth-order valence-electron chi connectivity index (χ4n) is 3.95. The molecule has 0 aliphatic rings. The first-order valence-electron chi connectivity index (χ1n) is 10.5. The van der Waals surface area contributed by atoms with E-state index in [9.17, 15) is 12.8 Å². The van der Waals surface area contributed by atoms with Crippen LogP contribution in [0.25, 0.3) is 10.8 Å². The standard InChI is InChI=1S/C28H19F2O2S2/c29-20-16-17-24-25(18-20)26(30)19-27(28(24)34(31,32)23-14-8-3-9-15-23)33(21-10-4-1-5-11-21)22-12-6-2-7-13-22/h1-19H/q+1. The van der Waals surface area contributed by atoms with Crippen LogP contribution in [0.1, 0.15) is 0 Å². The highest BCUT2D eigenvalue weighted by atomic mass is 32.2. The zero-order valence-electron chi connectivity index (χ0n) is 17.9. The van der Waals surface area contributed by atoms with Gasteiger partial charge in [0.05, 0.1) is 4.90 Å². The molecule has 0 saturated heterocycles. The topological polar surface area (TPSA) is 34.1 Å². The summed E-state index contributed by atoms with van der Waals surface area (Å²) in [6.45, 7) is 0. The van der Waals surface area contributed by atoms with Crippen LogP contribution in [-0.2, 0) is 20.7 Å². The van der Waals surface area contributed by atoms with Crippen LogP contribution in [0.5, 0.6) is 0 Å². The van der Waals surface area contributed by atoms with E-state index in [0.717, 1.165) is 15.9 Å². The van der Waals surface area contributed by atoms with Crippen LogP contribution in [0.3, 0.4) is 0 Å². The Morgan fingerprint density at radius 2 is 1.12 bits per heavy atom. The molecule has 0 aliphatic heterocycles. The van der Waals surface area contributed by atoms with Crippen molar-refractivity contribution in [3.8, 4) is 0 Å². The van der Waals surface area contributed by atoms with E-state index in [4.69, 9.17) is 0 Å². The van der Waals surface area contributed by atoms with Gasteiger partial charge >= 0.3 is 0 Å². The highest BCUT2D eigenvalue weighted by Crippen LogP contribution is 2.41. The molecule has 168 valence electrons. The Morgan fingerprint density at radius 3 is 1.68 bits per heavy atom. The zero-order chi connectivity index (χ0) is 23.7. The molecular formula is C28H19F2O2S2+. The van der Waals surface area contributed by atoms with Gasteiger partial charge < -0.3 is 0 Å². The van der Waals surface area contributed by atoms with Crippen LogP contribution >= 0.6 is 0 Å². The molecule has 5 aromatic carbocycles.